The maximum atomic E-state index is 12.4. The van der Waals surface area contributed by atoms with Gasteiger partial charge in [-0.25, -0.2) is 15.0 Å². The van der Waals surface area contributed by atoms with E-state index in [9.17, 15) is 13.2 Å². The van der Waals surface area contributed by atoms with Gasteiger partial charge in [0.2, 0.25) is 0 Å². The summed E-state index contributed by atoms with van der Waals surface area (Å²) < 4.78 is 42.8. The monoisotopic (exact) mass is 421 g/mol. The lowest BCUT2D eigenvalue weighted by Crippen LogP contribution is -2.16. The molecule has 0 spiro atoms. The first-order chi connectivity index (χ1) is 14.9. The summed E-state index contributed by atoms with van der Waals surface area (Å²) in [5.41, 5.74) is 5.29. The summed E-state index contributed by atoms with van der Waals surface area (Å²) in [6.07, 6.45) is 6.82. The van der Waals surface area contributed by atoms with Crippen molar-refractivity contribution >= 4 is 23.6 Å². The number of nitrogens with zero attached hydrogens (tertiary/aromatic N) is 5. The Morgan fingerprint density at radius 3 is 2.65 bits per heavy atom. The van der Waals surface area contributed by atoms with Crippen LogP contribution in [0.2, 0.25) is 0 Å². The standard InChI is InChI=1S/C22H14F3N5O/c23-22(24,25)31-17-6-4-15(5-7-17)19-11-27-20-21(29-19)30(13-28-20)12-14-3-8-18-16(10-14)2-1-9-26-18/h1-9,11-13H,10H2. The molecule has 0 fully saturated rings. The van der Waals surface area contributed by atoms with Crippen LogP contribution in [0.3, 0.4) is 0 Å². The smallest absolute Gasteiger partial charge is 0.406 e. The summed E-state index contributed by atoms with van der Waals surface area (Å²) in [4.78, 5) is 17.6. The van der Waals surface area contributed by atoms with Gasteiger partial charge < -0.3 is 4.74 Å². The maximum absolute atomic E-state index is 12.4. The van der Waals surface area contributed by atoms with Crippen LogP contribution < -0.4 is 4.74 Å². The molecule has 3 aromatic heterocycles. The fourth-order valence-corrected chi connectivity index (χ4v) is 3.35. The van der Waals surface area contributed by atoms with Gasteiger partial charge in [-0.1, -0.05) is 12.1 Å². The molecular formula is C22H14F3N5O. The van der Waals surface area contributed by atoms with Crippen molar-refractivity contribution in [3.63, 3.8) is 0 Å². The molecule has 3 heterocycles. The van der Waals surface area contributed by atoms with Crippen molar-refractivity contribution in [2.45, 2.75) is 12.8 Å². The number of pyridine rings is 1. The largest absolute Gasteiger partial charge is 0.573 e. The van der Waals surface area contributed by atoms with E-state index in [2.05, 4.69) is 24.7 Å². The lowest BCUT2D eigenvalue weighted by atomic mass is 9.98. The van der Waals surface area contributed by atoms with Crippen LogP contribution >= 0.6 is 0 Å². The molecular weight excluding hydrogens is 407 g/mol. The Labute approximate surface area is 174 Å². The van der Waals surface area contributed by atoms with Gasteiger partial charge in [-0.15, -0.1) is 13.2 Å². The molecule has 154 valence electrons. The highest BCUT2D eigenvalue weighted by Gasteiger charge is 2.31. The van der Waals surface area contributed by atoms with Gasteiger partial charge in [-0.05, 0) is 47.5 Å². The van der Waals surface area contributed by atoms with Crippen molar-refractivity contribution in [2.75, 3.05) is 0 Å². The fourth-order valence-electron chi connectivity index (χ4n) is 3.35. The molecule has 1 aromatic carbocycles. The number of imidazole rings is 1. The number of aromatic nitrogens is 5. The zero-order valence-corrected chi connectivity index (χ0v) is 15.9. The topological polar surface area (TPSA) is 65.7 Å². The molecule has 0 aliphatic heterocycles. The van der Waals surface area contributed by atoms with E-state index in [0.29, 0.717) is 22.6 Å². The molecule has 0 saturated carbocycles. The number of ether oxygens (including phenoxy) is 1. The maximum Gasteiger partial charge on any atom is 0.573 e. The van der Waals surface area contributed by atoms with Gasteiger partial charge >= 0.3 is 6.36 Å². The minimum absolute atomic E-state index is 0.293. The van der Waals surface area contributed by atoms with Crippen LogP contribution in [0.25, 0.3) is 34.8 Å². The Hall–Kier alpha value is -4.01. The van der Waals surface area contributed by atoms with Crippen molar-refractivity contribution in [3.8, 4) is 17.0 Å². The van der Waals surface area contributed by atoms with Crippen molar-refractivity contribution in [3.05, 3.63) is 78.0 Å². The molecule has 5 rings (SSSR count). The first-order valence-corrected chi connectivity index (χ1v) is 9.33. The second-order valence-corrected chi connectivity index (χ2v) is 6.89. The summed E-state index contributed by atoms with van der Waals surface area (Å²) in [6.45, 7) is 0. The molecule has 0 saturated heterocycles. The zero-order chi connectivity index (χ0) is 21.4. The molecule has 1 aliphatic carbocycles. The lowest BCUT2D eigenvalue weighted by molar-refractivity contribution is -0.274. The average molecular weight is 421 g/mol. The van der Waals surface area contributed by atoms with E-state index >= 15 is 0 Å². The molecule has 0 radical (unpaired) electrons. The highest BCUT2D eigenvalue weighted by Crippen LogP contribution is 2.27. The third-order valence-electron chi connectivity index (χ3n) is 4.75. The van der Waals surface area contributed by atoms with Crippen LogP contribution in [0.1, 0.15) is 11.3 Å². The van der Waals surface area contributed by atoms with Gasteiger partial charge in [-0.2, -0.15) is 0 Å². The van der Waals surface area contributed by atoms with Crippen LogP contribution in [0, 0.1) is 0 Å². The molecule has 6 nitrogen and oxygen atoms in total. The van der Waals surface area contributed by atoms with E-state index in [1.54, 1.807) is 17.1 Å². The molecule has 1 aliphatic rings. The lowest BCUT2D eigenvalue weighted by Gasteiger charge is -2.12. The van der Waals surface area contributed by atoms with Crippen molar-refractivity contribution in [1.29, 1.82) is 0 Å². The van der Waals surface area contributed by atoms with E-state index in [0.717, 1.165) is 23.3 Å². The second-order valence-electron chi connectivity index (χ2n) is 6.89. The number of hydrogen-bond donors (Lipinski definition) is 0. The summed E-state index contributed by atoms with van der Waals surface area (Å²) in [5.74, 6) is -0.293. The molecule has 0 atom stereocenters. The van der Waals surface area contributed by atoms with Crippen LogP contribution in [0.5, 0.6) is 5.75 Å². The van der Waals surface area contributed by atoms with Gasteiger partial charge in [0.1, 0.15) is 12.1 Å². The summed E-state index contributed by atoms with van der Waals surface area (Å²) in [7, 11) is 0. The van der Waals surface area contributed by atoms with Crippen molar-refractivity contribution in [2.24, 2.45) is 0 Å². The van der Waals surface area contributed by atoms with Crippen LogP contribution in [-0.4, -0.2) is 30.9 Å². The Morgan fingerprint density at radius 2 is 1.84 bits per heavy atom. The minimum Gasteiger partial charge on any atom is -0.406 e. The zero-order valence-electron chi connectivity index (χ0n) is 15.9. The first kappa shape index (κ1) is 19.0. The predicted octanol–water partition coefficient (Wildman–Crippen LogP) is 4.90. The number of rotatable bonds is 3. The number of benzene rings is 1. The van der Waals surface area contributed by atoms with Gasteiger partial charge in [0, 0.05) is 24.4 Å². The van der Waals surface area contributed by atoms with Gasteiger partial charge in [0.05, 0.1) is 17.6 Å². The van der Waals surface area contributed by atoms with E-state index in [4.69, 9.17) is 0 Å². The molecule has 0 bridgehead atoms. The van der Waals surface area contributed by atoms with Crippen LogP contribution in [-0.2, 0) is 6.42 Å². The predicted molar refractivity (Wildman–Crippen MR) is 109 cm³/mol. The number of fused-ring (bicyclic) bond motifs is 2. The number of allylic oxidation sites excluding steroid dienone is 2. The summed E-state index contributed by atoms with van der Waals surface area (Å²) >= 11 is 0. The van der Waals surface area contributed by atoms with Gasteiger partial charge in [0.25, 0.3) is 0 Å². The molecule has 4 aromatic rings. The Morgan fingerprint density at radius 1 is 1.00 bits per heavy atom. The first-order valence-electron chi connectivity index (χ1n) is 9.33. The summed E-state index contributed by atoms with van der Waals surface area (Å²) in [5, 5.41) is 0. The Balaban J connectivity index is 1.45. The number of alkyl halides is 3. The van der Waals surface area contributed by atoms with Crippen LogP contribution in [0.15, 0.2) is 66.8 Å². The Bertz CT molecular complexity index is 1320. The molecule has 0 amide bonds. The van der Waals surface area contributed by atoms with Gasteiger partial charge in [-0.3, -0.25) is 9.55 Å². The molecule has 31 heavy (non-hydrogen) atoms. The van der Waals surface area contributed by atoms with Crippen molar-refractivity contribution in [1.82, 2.24) is 24.5 Å². The average Bonchev–Trinajstić information content (AvgIpc) is 3.15. The number of hydrogen-bond acceptors (Lipinski definition) is 5. The molecule has 0 unspecified atom stereocenters. The second kappa shape index (κ2) is 7.35. The third kappa shape index (κ3) is 4.02. The van der Waals surface area contributed by atoms with Crippen molar-refractivity contribution < 1.29 is 17.9 Å². The van der Waals surface area contributed by atoms with E-state index in [1.807, 2.05) is 30.5 Å². The number of halogens is 3. The third-order valence-corrected chi connectivity index (χ3v) is 4.75. The SMILES string of the molecule is FC(F)(F)Oc1ccc(-c2cnc3ncn(C=C4C=Cc5ncccc5C4)c3n2)cc1. The normalized spacial score (nSPS) is 14.7. The highest BCUT2D eigenvalue weighted by molar-refractivity contribution is 5.74. The molecule has 0 N–H and O–H groups in total. The van der Waals surface area contributed by atoms with Gasteiger partial charge in [0.15, 0.2) is 11.3 Å². The highest BCUT2D eigenvalue weighted by atomic mass is 19.4. The van der Waals surface area contributed by atoms with E-state index in [1.165, 1.54) is 30.5 Å². The Kier molecular flexibility index (Phi) is 4.50. The quantitative estimate of drug-likeness (QED) is 0.471. The minimum atomic E-state index is -4.73. The fraction of sp³-hybridized carbons (Fsp3) is 0.0909. The van der Waals surface area contributed by atoms with E-state index < -0.39 is 6.36 Å². The summed E-state index contributed by atoms with van der Waals surface area (Å²) in [6, 6.07) is 9.44. The molecule has 9 heteroatoms. The van der Waals surface area contributed by atoms with E-state index in [-0.39, 0.29) is 5.75 Å². The van der Waals surface area contributed by atoms with Crippen LogP contribution in [0.4, 0.5) is 13.2 Å².